The molecule has 1 fully saturated rings. The molecule has 106 valence electrons. The lowest BCUT2D eigenvalue weighted by molar-refractivity contribution is -0.119. The molecular formula is C9H10F3N3OS3. The number of aromatic nitrogens is 2. The van der Waals surface area contributed by atoms with Gasteiger partial charge >= 0.3 is 5.51 Å². The molecule has 0 bridgehead atoms. The highest BCUT2D eigenvalue weighted by Crippen LogP contribution is 2.39. The van der Waals surface area contributed by atoms with Gasteiger partial charge in [-0.2, -0.15) is 24.9 Å². The number of hydrogen-bond donors (Lipinski definition) is 1. The summed E-state index contributed by atoms with van der Waals surface area (Å²) in [7, 11) is 0. The summed E-state index contributed by atoms with van der Waals surface area (Å²) in [4.78, 5) is 11.8. The summed E-state index contributed by atoms with van der Waals surface area (Å²) in [5.41, 5.74) is -4.39. The van der Waals surface area contributed by atoms with E-state index in [9.17, 15) is 18.0 Å². The van der Waals surface area contributed by atoms with E-state index in [4.69, 9.17) is 0 Å². The van der Waals surface area contributed by atoms with E-state index in [-0.39, 0.29) is 33.1 Å². The Morgan fingerprint density at radius 2 is 2.21 bits per heavy atom. The second-order valence-electron chi connectivity index (χ2n) is 3.82. The topological polar surface area (TPSA) is 54.9 Å². The zero-order valence-electron chi connectivity index (χ0n) is 9.57. The quantitative estimate of drug-likeness (QED) is 0.681. The first-order valence-corrected chi connectivity index (χ1v) is 8.20. The molecule has 1 N–H and O–H groups in total. The molecule has 1 amide bonds. The van der Waals surface area contributed by atoms with Gasteiger partial charge in [0.05, 0.1) is 0 Å². The summed E-state index contributed by atoms with van der Waals surface area (Å²) in [6.07, 6.45) is 1.79. The number of carbonyl (C=O) groups is 1. The molecule has 1 aromatic rings. The molecule has 1 atom stereocenters. The predicted molar refractivity (Wildman–Crippen MR) is 70.5 cm³/mol. The third kappa shape index (κ3) is 4.84. The molecule has 1 saturated heterocycles. The minimum absolute atomic E-state index is 0.0960. The number of halogens is 3. The number of rotatable bonds is 3. The number of alkyl halides is 3. The fourth-order valence-electron chi connectivity index (χ4n) is 1.56. The molecule has 19 heavy (non-hydrogen) atoms. The van der Waals surface area contributed by atoms with Gasteiger partial charge in [0, 0.05) is 23.4 Å². The normalized spacial score (nSPS) is 20.3. The van der Waals surface area contributed by atoms with Crippen LogP contribution in [0.25, 0.3) is 0 Å². The van der Waals surface area contributed by atoms with Crippen LogP contribution in [-0.4, -0.2) is 33.1 Å². The molecule has 0 aromatic carbocycles. The second kappa shape index (κ2) is 6.31. The summed E-state index contributed by atoms with van der Waals surface area (Å²) in [6.45, 7) is 0. The van der Waals surface area contributed by atoms with Crippen LogP contribution in [0.15, 0.2) is 4.34 Å². The van der Waals surface area contributed by atoms with Crippen LogP contribution >= 0.6 is 34.9 Å². The number of amides is 1. The number of anilines is 1. The van der Waals surface area contributed by atoms with Crippen molar-refractivity contribution in [3.63, 3.8) is 0 Å². The van der Waals surface area contributed by atoms with Crippen molar-refractivity contribution in [3.05, 3.63) is 0 Å². The zero-order valence-corrected chi connectivity index (χ0v) is 12.0. The van der Waals surface area contributed by atoms with E-state index in [1.54, 1.807) is 11.8 Å². The maximum atomic E-state index is 12.1. The molecule has 0 saturated carbocycles. The van der Waals surface area contributed by atoms with Gasteiger partial charge in [-0.15, -0.1) is 10.2 Å². The third-order valence-corrected chi connectivity index (χ3v) is 5.21. The molecule has 1 aliphatic heterocycles. The highest BCUT2D eigenvalue weighted by Gasteiger charge is 2.31. The van der Waals surface area contributed by atoms with Gasteiger partial charge in [0.1, 0.15) is 0 Å². The lowest BCUT2D eigenvalue weighted by Crippen LogP contribution is -2.27. The third-order valence-electron chi connectivity index (χ3n) is 2.37. The van der Waals surface area contributed by atoms with Gasteiger partial charge < -0.3 is 5.32 Å². The van der Waals surface area contributed by atoms with Gasteiger partial charge in [0.25, 0.3) is 0 Å². The first kappa shape index (κ1) is 14.9. The number of hydrogen-bond acceptors (Lipinski definition) is 6. The zero-order chi connectivity index (χ0) is 13.9. The Morgan fingerprint density at radius 3 is 2.84 bits per heavy atom. The summed E-state index contributed by atoms with van der Waals surface area (Å²) in [6, 6.07) is 0. The highest BCUT2D eigenvalue weighted by atomic mass is 32.2. The van der Waals surface area contributed by atoms with Crippen molar-refractivity contribution in [2.75, 3.05) is 16.8 Å². The summed E-state index contributed by atoms with van der Waals surface area (Å²) in [5.74, 6) is 1.51. The Labute approximate surface area is 119 Å². The number of nitrogens with one attached hydrogen (secondary N) is 1. The average Bonchev–Trinajstić information content (AvgIpc) is 2.75. The van der Waals surface area contributed by atoms with Crippen LogP contribution in [0.1, 0.15) is 12.8 Å². The highest BCUT2D eigenvalue weighted by molar-refractivity contribution is 8.01. The van der Waals surface area contributed by atoms with Crippen LogP contribution < -0.4 is 5.32 Å². The maximum absolute atomic E-state index is 12.1. The summed E-state index contributed by atoms with van der Waals surface area (Å²) < 4.78 is 36.1. The minimum Gasteiger partial charge on any atom is -0.300 e. The van der Waals surface area contributed by atoms with E-state index in [2.05, 4.69) is 15.5 Å². The molecule has 2 heterocycles. The SMILES string of the molecule is O=C(Nc1nnc(SC(F)(F)F)s1)C1CCCSC1. The van der Waals surface area contributed by atoms with Gasteiger partial charge in [0.15, 0.2) is 4.34 Å². The van der Waals surface area contributed by atoms with E-state index < -0.39 is 5.51 Å². The molecule has 0 aliphatic carbocycles. The van der Waals surface area contributed by atoms with Crippen molar-refractivity contribution < 1.29 is 18.0 Å². The molecule has 10 heteroatoms. The Morgan fingerprint density at radius 1 is 1.42 bits per heavy atom. The molecule has 2 rings (SSSR count). The van der Waals surface area contributed by atoms with Crippen molar-refractivity contribution in [1.82, 2.24) is 10.2 Å². The van der Waals surface area contributed by atoms with Crippen molar-refractivity contribution in [2.24, 2.45) is 5.92 Å². The van der Waals surface area contributed by atoms with E-state index in [0.29, 0.717) is 0 Å². The lowest BCUT2D eigenvalue weighted by Gasteiger charge is -2.19. The van der Waals surface area contributed by atoms with E-state index in [0.717, 1.165) is 35.7 Å². The Balaban J connectivity index is 1.90. The van der Waals surface area contributed by atoms with Gasteiger partial charge in [-0.3, -0.25) is 4.79 Å². The molecule has 0 spiro atoms. The largest absolute Gasteiger partial charge is 0.448 e. The van der Waals surface area contributed by atoms with Gasteiger partial charge in [-0.05, 0) is 18.6 Å². The Hall–Kier alpha value is -0.480. The van der Waals surface area contributed by atoms with Gasteiger partial charge in [-0.25, -0.2) is 0 Å². The van der Waals surface area contributed by atoms with Crippen LogP contribution in [0.2, 0.25) is 0 Å². The lowest BCUT2D eigenvalue weighted by atomic mass is 10.1. The number of thioether (sulfide) groups is 2. The Kier molecular flexibility index (Phi) is 4.96. The molecule has 4 nitrogen and oxygen atoms in total. The van der Waals surface area contributed by atoms with Crippen molar-refractivity contribution >= 4 is 45.9 Å². The van der Waals surface area contributed by atoms with Gasteiger partial charge in [-0.1, -0.05) is 11.3 Å². The van der Waals surface area contributed by atoms with E-state index >= 15 is 0 Å². The van der Waals surface area contributed by atoms with Crippen LogP contribution in [-0.2, 0) is 4.79 Å². The van der Waals surface area contributed by atoms with Crippen LogP contribution in [0.3, 0.4) is 0 Å². The average molecular weight is 329 g/mol. The molecule has 0 radical (unpaired) electrons. The van der Waals surface area contributed by atoms with Gasteiger partial charge in [0.2, 0.25) is 11.0 Å². The fourth-order valence-corrected chi connectivity index (χ4v) is 4.14. The number of carbonyl (C=O) groups excluding carboxylic acids is 1. The number of nitrogens with zero attached hydrogens (tertiary/aromatic N) is 2. The summed E-state index contributed by atoms with van der Waals surface area (Å²) >= 11 is 2.12. The van der Waals surface area contributed by atoms with Crippen LogP contribution in [0, 0.1) is 5.92 Å². The van der Waals surface area contributed by atoms with Crippen molar-refractivity contribution in [3.8, 4) is 0 Å². The summed E-state index contributed by atoms with van der Waals surface area (Å²) in [5, 5.41) is 9.58. The minimum atomic E-state index is -4.39. The molecule has 1 aliphatic rings. The van der Waals surface area contributed by atoms with E-state index in [1.165, 1.54) is 0 Å². The van der Waals surface area contributed by atoms with Crippen molar-refractivity contribution in [2.45, 2.75) is 22.7 Å². The first-order valence-electron chi connectivity index (χ1n) is 5.42. The van der Waals surface area contributed by atoms with Crippen molar-refractivity contribution in [1.29, 1.82) is 0 Å². The van der Waals surface area contributed by atoms with Crippen LogP contribution in [0.4, 0.5) is 18.3 Å². The molecule has 1 unspecified atom stereocenters. The molecular weight excluding hydrogens is 319 g/mol. The maximum Gasteiger partial charge on any atom is 0.448 e. The predicted octanol–water partition coefficient (Wildman–Crippen LogP) is 3.23. The van der Waals surface area contributed by atoms with E-state index in [1.807, 2.05) is 0 Å². The standard InChI is InChI=1S/C9H10F3N3OS3/c10-9(11,12)19-8-15-14-7(18-8)13-6(16)5-2-1-3-17-4-5/h5H,1-4H2,(H,13,14,16). The smallest absolute Gasteiger partial charge is 0.300 e. The Bertz CT molecular complexity index is 445. The second-order valence-corrected chi connectivity index (χ2v) is 7.26. The fraction of sp³-hybridized carbons (Fsp3) is 0.667. The first-order chi connectivity index (χ1) is 8.94. The molecule has 1 aromatic heterocycles. The monoisotopic (exact) mass is 329 g/mol. The van der Waals surface area contributed by atoms with Crippen LogP contribution in [0.5, 0.6) is 0 Å².